The van der Waals surface area contributed by atoms with Crippen molar-refractivity contribution >= 4 is 0 Å². The van der Waals surface area contributed by atoms with E-state index in [1.807, 2.05) is 44.2 Å². The van der Waals surface area contributed by atoms with Gasteiger partial charge in [0.15, 0.2) is 0 Å². The van der Waals surface area contributed by atoms with E-state index in [2.05, 4.69) is 5.32 Å². The lowest BCUT2D eigenvalue weighted by Crippen LogP contribution is -2.44. The van der Waals surface area contributed by atoms with Crippen molar-refractivity contribution in [3.8, 4) is 5.75 Å². The van der Waals surface area contributed by atoms with Crippen molar-refractivity contribution < 1.29 is 9.84 Å². The summed E-state index contributed by atoms with van der Waals surface area (Å²) in [6.07, 6.45) is -0.531. The zero-order valence-corrected chi connectivity index (χ0v) is 10.5. The van der Waals surface area contributed by atoms with E-state index in [0.29, 0.717) is 6.54 Å². The maximum atomic E-state index is 9.71. The molecule has 0 bridgehead atoms. The molecule has 3 atom stereocenters. The molecular weight excluding hydrogens is 216 g/mol. The maximum absolute atomic E-state index is 9.71. The SMILES string of the molecule is CC(N)C(C)NCC(O)COc1ccccc1. The van der Waals surface area contributed by atoms with E-state index in [0.717, 1.165) is 5.75 Å². The Morgan fingerprint density at radius 1 is 1.29 bits per heavy atom. The van der Waals surface area contributed by atoms with Crippen LogP contribution >= 0.6 is 0 Å². The molecule has 17 heavy (non-hydrogen) atoms. The molecule has 0 radical (unpaired) electrons. The quantitative estimate of drug-likeness (QED) is 0.656. The Morgan fingerprint density at radius 2 is 1.94 bits per heavy atom. The Hall–Kier alpha value is -1.10. The van der Waals surface area contributed by atoms with E-state index in [1.165, 1.54) is 0 Å². The van der Waals surface area contributed by atoms with Gasteiger partial charge in [-0.2, -0.15) is 0 Å². The molecule has 1 aromatic carbocycles. The predicted molar refractivity (Wildman–Crippen MR) is 69.1 cm³/mol. The van der Waals surface area contributed by atoms with Crippen LogP contribution < -0.4 is 15.8 Å². The minimum atomic E-state index is -0.531. The topological polar surface area (TPSA) is 67.5 Å². The van der Waals surface area contributed by atoms with Gasteiger partial charge < -0.3 is 20.9 Å². The highest BCUT2D eigenvalue weighted by Gasteiger charge is 2.10. The zero-order chi connectivity index (χ0) is 12.7. The number of benzene rings is 1. The average molecular weight is 238 g/mol. The summed E-state index contributed by atoms with van der Waals surface area (Å²) < 4.78 is 5.44. The Kier molecular flexibility index (Phi) is 5.97. The van der Waals surface area contributed by atoms with Crippen molar-refractivity contribution in [2.24, 2.45) is 5.73 Å². The van der Waals surface area contributed by atoms with E-state index >= 15 is 0 Å². The normalized spacial score (nSPS) is 16.2. The summed E-state index contributed by atoms with van der Waals surface area (Å²) in [4.78, 5) is 0. The van der Waals surface area contributed by atoms with Gasteiger partial charge in [-0.05, 0) is 26.0 Å². The second-order valence-corrected chi connectivity index (χ2v) is 4.33. The van der Waals surface area contributed by atoms with Crippen LogP contribution in [0.1, 0.15) is 13.8 Å². The lowest BCUT2D eigenvalue weighted by molar-refractivity contribution is 0.103. The van der Waals surface area contributed by atoms with Crippen LogP contribution in [0.15, 0.2) is 30.3 Å². The molecular formula is C13H22N2O2. The number of hydrogen-bond acceptors (Lipinski definition) is 4. The van der Waals surface area contributed by atoms with Crippen LogP contribution in [0.3, 0.4) is 0 Å². The van der Waals surface area contributed by atoms with Crippen molar-refractivity contribution in [1.29, 1.82) is 0 Å². The van der Waals surface area contributed by atoms with Gasteiger partial charge in [0.2, 0.25) is 0 Å². The summed E-state index contributed by atoms with van der Waals surface area (Å²) in [5.74, 6) is 0.770. The summed E-state index contributed by atoms with van der Waals surface area (Å²) in [7, 11) is 0. The first kappa shape index (κ1) is 14.0. The van der Waals surface area contributed by atoms with E-state index in [1.54, 1.807) is 0 Å². The molecule has 0 aliphatic rings. The molecule has 0 aromatic heterocycles. The fourth-order valence-corrected chi connectivity index (χ4v) is 1.28. The lowest BCUT2D eigenvalue weighted by atomic mass is 10.2. The Labute approximate surface area is 103 Å². The van der Waals surface area contributed by atoms with Gasteiger partial charge >= 0.3 is 0 Å². The molecule has 4 nitrogen and oxygen atoms in total. The summed E-state index contributed by atoms with van der Waals surface area (Å²) in [5.41, 5.74) is 5.71. The predicted octanol–water partition coefficient (Wildman–Crippen LogP) is 0.752. The van der Waals surface area contributed by atoms with Crippen LogP contribution in [0.5, 0.6) is 5.75 Å². The van der Waals surface area contributed by atoms with Crippen molar-refractivity contribution in [3.05, 3.63) is 30.3 Å². The second-order valence-electron chi connectivity index (χ2n) is 4.33. The lowest BCUT2D eigenvalue weighted by Gasteiger charge is -2.20. The average Bonchev–Trinajstić information content (AvgIpc) is 2.34. The number of hydrogen-bond donors (Lipinski definition) is 3. The first-order valence-electron chi connectivity index (χ1n) is 5.94. The number of nitrogens with two attached hydrogens (primary N) is 1. The molecule has 0 saturated carbocycles. The molecule has 4 N–H and O–H groups in total. The molecule has 0 aliphatic carbocycles. The summed E-state index contributed by atoms with van der Waals surface area (Å²) in [6, 6.07) is 9.71. The van der Waals surface area contributed by atoms with Crippen LogP contribution in [0.4, 0.5) is 0 Å². The van der Waals surface area contributed by atoms with Crippen LogP contribution in [0.25, 0.3) is 0 Å². The number of rotatable bonds is 7. The Balaban J connectivity index is 2.19. The molecule has 4 heteroatoms. The van der Waals surface area contributed by atoms with Crippen molar-refractivity contribution in [2.75, 3.05) is 13.2 Å². The minimum Gasteiger partial charge on any atom is -0.491 e. The second kappa shape index (κ2) is 7.27. The van der Waals surface area contributed by atoms with Crippen LogP contribution in [-0.2, 0) is 0 Å². The van der Waals surface area contributed by atoms with Crippen molar-refractivity contribution in [3.63, 3.8) is 0 Å². The fourth-order valence-electron chi connectivity index (χ4n) is 1.28. The molecule has 0 fully saturated rings. The first-order chi connectivity index (χ1) is 8.09. The standard InChI is InChI=1S/C13H22N2O2/c1-10(14)11(2)15-8-12(16)9-17-13-6-4-3-5-7-13/h3-7,10-12,15-16H,8-9,14H2,1-2H3. The third-order valence-corrected chi connectivity index (χ3v) is 2.65. The monoisotopic (exact) mass is 238 g/mol. The van der Waals surface area contributed by atoms with Gasteiger partial charge in [0, 0.05) is 18.6 Å². The van der Waals surface area contributed by atoms with Crippen molar-refractivity contribution in [1.82, 2.24) is 5.32 Å². The highest BCUT2D eigenvalue weighted by Crippen LogP contribution is 2.08. The van der Waals surface area contributed by atoms with Gasteiger partial charge in [-0.3, -0.25) is 0 Å². The van der Waals surface area contributed by atoms with Crippen LogP contribution in [-0.4, -0.2) is 36.4 Å². The Morgan fingerprint density at radius 3 is 2.53 bits per heavy atom. The maximum Gasteiger partial charge on any atom is 0.119 e. The fraction of sp³-hybridized carbons (Fsp3) is 0.538. The third-order valence-electron chi connectivity index (χ3n) is 2.65. The van der Waals surface area contributed by atoms with E-state index in [-0.39, 0.29) is 18.7 Å². The molecule has 0 amide bonds. The highest BCUT2D eigenvalue weighted by molar-refractivity contribution is 5.20. The van der Waals surface area contributed by atoms with Crippen molar-refractivity contribution in [2.45, 2.75) is 32.0 Å². The molecule has 3 unspecified atom stereocenters. The van der Waals surface area contributed by atoms with Gasteiger partial charge in [-0.1, -0.05) is 18.2 Å². The van der Waals surface area contributed by atoms with Gasteiger partial charge in [0.05, 0.1) is 0 Å². The minimum absolute atomic E-state index is 0.0669. The van der Waals surface area contributed by atoms with Gasteiger partial charge in [-0.25, -0.2) is 0 Å². The summed E-state index contributed by atoms with van der Waals surface area (Å²) >= 11 is 0. The molecule has 96 valence electrons. The number of para-hydroxylation sites is 1. The molecule has 0 saturated heterocycles. The number of nitrogens with one attached hydrogen (secondary N) is 1. The molecule has 0 aliphatic heterocycles. The third kappa shape index (κ3) is 5.68. The Bertz CT molecular complexity index is 304. The van der Waals surface area contributed by atoms with Gasteiger partial charge in [-0.15, -0.1) is 0 Å². The molecule has 1 aromatic rings. The molecule has 0 spiro atoms. The summed E-state index contributed by atoms with van der Waals surface area (Å²) in [6.45, 7) is 4.69. The molecule has 0 heterocycles. The number of aliphatic hydroxyl groups excluding tert-OH is 1. The number of ether oxygens (including phenoxy) is 1. The van der Waals surface area contributed by atoms with E-state index in [4.69, 9.17) is 10.5 Å². The van der Waals surface area contributed by atoms with Gasteiger partial charge in [0.25, 0.3) is 0 Å². The number of aliphatic hydroxyl groups is 1. The highest BCUT2D eigenvalue weighted by atomic mass is 16.5. The zero-order valence-electron chi connectivity index (χ0n) is 10.5. The van der Waals surface area contributed by atoms with Gasteiger partial charge in [0.1, 0.15) is 18.5 Å². The molecule has 1 rings (SSSR count). The summed E-state index contributed by atoms with van der Waals surface area (Å²) in [5, 5.41) is 12.9. The van der Waals surface area contributed by atoms with Crippen LogP contribution in [0, 0.1) is 0 Å². The smallest absolute Gasteiger partial charge is 0.119 e. The largest absolute Gasteiger partial charge is 0.491 e. The van der Waals surface area contributed by atoms with Crippen LogP contribution in [0.2, 0.25) is 0 Å². The van der Waals surface area contributed by atoms with E-state index in [9.17, 15) is 5.11 Å². The first-order valence-corrected chi connectivity index (χ1v) is 5.94. The van der Waals surface area contributed by atoms with E-state index < -0.39 is 6.10 Å².